The summed E-state index contributed by atoms with van der Waals surface area (Å²) >= 11 is 0. The van der Waals surface area contributed by atoms with Gasteiger partial charge in [-0.3, -0.25) is 0 Å². The molecule has 2 amide bonds. The number of likely N-dealkylation sites (tertiary alicyclic amines) is 1. The van der Waals surface area contributed by atoms with Gasteiger partial charge < -0.3 is 19.9 Å². The van der Waals surface area contributed by atoms with Gasteiger partial charge in [0.25, 0.3) is 0 Å². The minimum Gasteiger partial charge on any atom is -0.381 e. The van der Waals surface area contributed by atoms with Gasteiger partial charge in [-0.25, -0.2) is 14.8 Å². The molecule has 0 bridgehead atoms. The van der Waals surface area contributed by atoms with E-state index in [1.165, 1.54) is 0 Å². The lowest BCUT2D eigenvalue weighted by molar-refractivity contribution is 0.0774. The summed E-state index contributed by atoms with van der Waals surface area (Å²) in [7, 11) is 2.01. The summed E-state index contributed by atoms with van der Waals surface area (Å²) < 4.78 is 5.35. The van der Waals surface area contributed by atoms with Crippen molar-refractivity contribution in [2.24, 2.45) is 0 Å². The molecule has 0 aromatic carbocycles. The third-order valence-corrected chi connectivity index (χ3v) is 4.86. The number of aromatic nitrogens is 2. The Morgan fingerprint density at radius 1 is 1.29 bits per heavy atom. The number of amides is 2. The fourth-order valence-corrected chi connectivity index (χ4v) is 3.29. The topological polar surface area (TPSA) is 70.6 Å². The minimum absolute atomic E-state index is 0.0461. The molecule has 2 aliphatic rings. The van der Waals surface area contributed by atoms with Gasteiger partial charge >= 0.3 is 6.03 Å². The van der Waals surface area contributed by atoms with Crippen LogP contribution in [0.3, 0.4) is 0 Å². The number of hydrogen-bond acceptors (Lipinski definition) is 5. The van der Waals surface area contributed by atoms with E-state index in [4.69, 9.17) is 4.74 Å². The number of nitrogens with zero attached hydrogens (tertiary/aromatic N) is 4. The van der Waals surface area contributed by atoms with Gasteiger partial charge in [-0.05, 0) is 38.2 Å². The van der Waals surface area contributed by atoms with Crippen LogP contribution in [0, 0.1) is 6.92 Å². The van der Waals surface area contributed by atoms with Crippen molar-refractivity contribution < 1.29 is 9.53 Å². The van der Waals surface area contributed by atoms with Gasteiger partial charge in [0.1, 0.15) is 0 Å². The summed E-state index contributed by atoms with van der Waals surface area (Å²) in [5.74, 6) is 0.720. The Morgan fingerprint density at radius 2 is 2.00 bits per heavy atom. The molecule has 2 aliphatic heterocycles. The molecule has 24 heavy (non-hydrogen) atoms. The van der Waals surface area contributed by atoms with E-state index in [-0.39, 0.29) is 18.1 Å². The van der Waals surface area contributed by atoms with E-state index in [0.29, 0.717) is 6.54 Å². The SMILES string of the molecule is Cc1cnc(N(C)C2CCCN(C(=O)NC3CCOCC3)C2)nc1. The lowest BCUT2D eigenvalue weighted by Gasteiger charge is -2.38. The van der Waals surface area contributed by atoms with E-state index in [9.17, 15) is 4.79 Å². The highest BCUT2D eigenvalue weighted by Crippen LogP contribution is 2.19. The molecule has 0 aliphatic carbocycles. The summed E-state index contributed by atoms with van der Waals surface area (Å²) in [5.41, 5.74) is 1.05. The second-order valence-corrected chi connectivity index (χ2v) is 6.75. The minimum atomic E-state index is 0.0461. The molecule has 1 aromatic rings. The summed E-state index contributed by atoms with van der Waals surface area (Å²) in [6.45, 7) is 4.98. The average molecular weight is 333 g/mol. The van der Waals surface area contributed by atoms with Gasteiger partial charge in [0.2, 0.25) is 5.95 Å². The zero-order valence-electron chi connectivity index (χ0n) is 14.6. The Hall–Kier alpha value is -1.89. The summed E-state index contributed by atoms with van der Waals surface area (Å²) in [6, 6.07) is 0.538. The number of aryl methyl sites for hydroxylation is 1. The Morgan fingerprint density at radius 3 is 2.71 bits per heavy atom. The molecule has 3 rings (SSSR count). The maximum absolute atomic E-state index is 12.5. The average Bonchev–Trinajstić information content (AvgIpc) is 2.63. The molecule has 132 valence electrons. The first-order chi connectivity index (χ1) is 11.6. The number of carbonyl (C=O) groups excluding carboxylic acids is 1. The van der Waals surface area contributed by atoms with Crippen LogP contribution in [0.15, 0.2) is 12.4 Å². The summed E-state index contributed by atoms with van der Waals surface area (Å²) in [6.07, 6.45) is 7.52. The maximum Gasteiger partial charge on any atom is 0.317 e. The molecule has 1 unspecified atom stereocenters. The van der Waals surface area contributed by atoms with Crippen molar-refractivity contribution in [3.05, 3.63) is 18.0 Å². The Balaban J connectivity index is 1.56. The van der Waals surface area contributed by atoms with Crippen LogP contribution in [0.2, 0.25) is 0 Å². The van der Waals surface area contributed by atoms with Gasteiger partial charge in [0, 0.05) is 57.8 Å². The number of rotatable bonds is 3. The molecule has 3 heterocycles. The van der Waals surface area contributed by atoms with Crippen molar-refractivity contribution in [1.29, 1.82) is 0 Å². The second kappa shape index (κ2) is 7.79. The molecule has 1 aromatic heterocycles. The van der Waals surface area contributed by atoms with Crippen LogP contribution in [0.5, 0.6) is 0 Å². The third kappa shape index (κ3) is 4.14. The first-order valence-electron chi connectivity index (χ1n) is 8.78. The largest absolute Gasteiger partial charge is 0.381 e. The van der Waals surface area contributed by atoms with Crippen molar-refractivity contribution in [3.8, 4) is 0 Å². The monoisotopic (exact) mass is 333 g/mol. The highest BCUT2D eigenvalue weighted by Gasteiger charge is 2.28. The van der Waals surface area contributed by atoms with Crippen LogP contribution in [0.4, 0.5) is 10.7 Å². The molecular weight excluding hydrogens is 306 g/mol. The summed E-state index contributed by atoms with van der Waals surface area (Å²) in [4.78, 5) is 25.4. The maximum atomic E-state index is 12.5. The quantitative estimate of drug-likeness (QED) is 0.909. The fourth-order valence-electron chi connectivity index (χ4n) is 3.29. The van der Waals surface area contributed by atoms with E-state index >= 15 is 0 Å². The predicted octanol–water partition coefficient (Wildman–Crippen LogP) is 1.57. The van der Waals surface area contributed by atoms with Crippen LogP contribution in [-0.4, -0.2) is 66.3 Å². The molecule has 1 atom stereocenters. The predicted molar refractivity (Wildman–Crippen MR) is 92.1 cm³/mol. The smallest absolute Gasteiger partial charge is 0.317 e. The third-order valence-electron chi connectivity index (χ3n) is 4.86. The standard InChI is InChI=1S/C17H27N5O2/c1-13-10-18-16(19-11-13)21(2)15-4-3-7-22(12-15)17(23)20-14-5-8-24-9-6-14/h10-11,14-15H,3-9,12H2,1-2H3,(H,20,23). The Bertz CT molecular complexity index is 544. The molecular formula is C17H27N5O2. The van der Waals surface area contributed by atoms with Gasteiger partial charge in [-0.15, -0.1) is 0 Å². The number of ether oxygens (including phenoxy) is 1. The van der Waals surface area contributed by atoms with Crippen LogP contribution in [0.25, 0.3) is 0 Å². The van der Waals surface area contributed by atoms with Crippen molar-refractivity contribution in [3.63, 3.8) is 0 Å². The highest BCUT2D eigenvalue weighted by atomic mass is 16.5. The summed E-state index contributed by atoms with van der Waals surface area (Å²) in [5, 5.41) is 3.15. The lowest BCUT2D eigenvalue weighted by atomic mass is 10.0. The second-order valence-electron chi connectivity index (χ2n) is 6.75. The van der Waals surface area contributed by atoms with E-state index in [0.717, 1.165) is 57.0 Å². The van der Waals surface area contributed by atoms with Gasteiger partial charge in [0.15, 0.2) is 0 Å². The molecule has 2 saturated heterocycles. The van der Waals surface area contributed by atoms with Gasteiger partial charge in [0.05, 0.1) is 0 Å². The number of likely N-dealkylation sites (N-methyl/N-ethyl adjacent to an activating group) is 1. The normalized spacial score (nSPS) is 22.2. The number of urea groups is 1. The number of carbonyl (C=O) groups is 1. The molecule has 0 saturated carbocycles. The van der Waals surface area contributed by atoms with Crippen LogP contribution in [-0.2, 0) is 4.74 Å². The number of nitrogens with one attached hydrogen (secondary N) is 1. The highest BCUT2D eigenvalue weighted by molar-refractivity contribution is 5.74. The van der Waals surface area contributed by atoms with Gasteiger partial charge in [-0.2, -0.15) is 0 Å². The van der Waals surface area contributed by atoms with Gasteiger partial charge in [-0.1, -0.05) is 0 Å². The molecule has 1 N–H and O–H groups in total. The Labute approximate surface area is 143 Å². The van der Waals surface area contributed by atoms with E-state index in [1.54, 1.807) is 0 Å². The van der Waals surface area contributed by atoms with Crippen molar-refractivity contribution in [2.75, 3.05) is 38.3 Å². The number of anilines is 1. The first kappa shape index (κ1) is 17.0. The lowest BCUT2D eigenvalue weighted by Crippen LogP contribution is -2.54. The van der Waals surface area contributed by atoms with Crippen molar-refractivity contribution >= 4 is 12.0 Å². The first-order valence-corrected chi connectivity index (χ1v) is 8.78. The van der Waals surface area contributed by atoms with Crippen LogP contribution < -0.4 is 10.2 Å². The van der Waals surface area contributed by atoms with Crippen molar-refractivity contribution in [2.45, 2.75) is 44.7 Å². The van der Waals surface area contributed by atoms with Crippen molar-refractivity contribution in [1.82, 2.24) is 20.2 Å². The van der Waals surface area contributed by atoms with E-state index < -0.39 is 0 Å². The molecule has 7 nitrogen and oxygen atoms in total. The number of hydrogen-bond donors (Lipinski definition) is 1. The molecule has 2 fully saturated rings. The molecule has 0 radical (unpaired) electrons. The zero-order chi connectivity index (χ0) is 16.9. The molecule has 0 spiro atoms. The van der Waals surface area contributed by atoms with Crippen LogP contribution >= 0.6 is 0 Å². The number of piperidine rings is 1. The van der Waals surface area contributed by atoms with Crippen LogP contribution in [0.1, 0.15) is 31.2 Å². The zero-order valence-corrected chi connectivity index (χ0v) is 14.6. The fraction of sp³-hybridized carbons (Fsp3) is 0.706. The van der Waals surface area contributed by atoms with E-state index in [1.807, 2.05) is 31.3 Å². The Kier molecular flexibility index (Phi) is 5.50. The van der Waals surface area contributed by atoms with E-state index in [2.05, 4.69) is 20.2 Å². The molecule has 7 heteroatoms.